The van der Waals surface area contributed by atoms with Crippen LogP contribution in [0.1, 0.15) is 34.6 Å². The van der Waals surface area contributed by atoms with Crippen LogP contribution in [0.3, 0.4) is 0 Å². The molecule has 6 heteroatoms. The molecule has 1 amide bonds. The van der Waals surface area contributed by atoms with Gasteiger partial charge in [0.05, 0.1) is 25.8 Å². The minimum atomic E-state index is -0.733. The van der Waals surface area contributed by atoms with E-state index in [0.717, 1.165) is 0 Å². The highest BCUT2D eigenvalue weighted by atomic mass is 16.6. The maximum atomic E-state index is 12.0. The molecule has 0 N–H and O–H groups in total. The van der Waals surface area contributed by atoms with Gasteiger partial charge in [-0.25, -0.2) is 9.59 Å². The van der Waals surface area contributed by atoms with E-state index < -0.39 is 23.8 Å². The fourth-order valence-electron chi connectivity index (χ4n) is 1.71. The number of carbonyl (C=O) groups excluding carboxylic acids is 2. The largest absolute Gasteiger partial charge is 0.464 e. The molecule has 2 atom stereocenters. The van der Waals surface area contributed by atoms with Crippen LogP contribution in [0.4, 0.5) is 4.79 Å². The first-order valence-electron chi connectivity index (χ1n) is 6.52. The van der Waals surface area contributed by atoms with Gasteiger partial charge in [-0.3, -0.25) is 4.90 Å². The Kier molecular flexibility index (Phi) is 5.17. The summed E-state index contributed by atoms with van der Waals surface area (Å²) in [5.41, 5.74) is -0.561. The third-order valence-corrected chi connectivity index (χ3v) is 2.61. The molecule has 1 fully saturated rings. The van der Waals surface area contributed by atoms with Gasteiger partial charge in [0.2, 0.25) is 0 Å². The van der Waals surface area contributed by atoms with Gasteiger partial charge in [0.1, 0.15) is 5.60 Å². The lowest BCUT2D eigenvalue weighted by atomic mass is 10.2. The molecule has 1 heterocycles. The summed E-state index contributed by atoms with van der Waals surface area (Å²) >= 11 is 0. The summed E-state index contributed by atoms with van der Waals surface area (Å²) < 4.78 is 15.6. The molecule has 19 heavy (non-hydrogen) atoms. The Morgan fingerprint density at radius 2 is 2.00 bits per heavy atom. The first kappa shape index (κ1) is 15.8. The standard InChI is InChI=1S/C13H23NO5/c1-6-17-11(15)10-7-14(9(2)8-18-10)12(16)19-13(3,4)5/h9-10H,6-8H2,1-5H3/t9-,10+/m0/s1. The summed E-state index contributed by atoms with van der Waals surface area (Å²) in [6.07, 6.45) is -1.17. The number of amides is 1. The summed E-state index contributed by atoms with van der Waals surface area (Å²) in [5.74, 6) is -0.442. The Hall–Kier alpha value is -1.30. The van der Waals surface area contributed by atoms with Crippen LogP contribution in [0.5, 0.6) is 0 Å². The van der Waals surface area contributed by atoms with Crippen LogP contribution in [0.15, 0.2) is 0 Å². The van der Waals surface area contributed by atoms with Crippen LogP contribution in [0, 0.1) is 0 Å². The maximum absolute atomic E-state index is 12.0. The monoisotopic (exact) mass is 273 g/mol. The smallest absolute Gasteiger partial charge is 0.410 e. The van der Waals surface area contributed by atoms with Crippen molar-refractivity contribution in [1.82, 2.24) is 4.90 Å². The lowest BCUT2D eigenvalue weighted by Gasteiger charge is -2.37. The molecule has 1 rings (SSSR count). The molecule has 0 aromatic heterocycles. The van der Waals surface area contributed by atoms with E-state index in [-0.39, 0.29) is 12.6 Å². The predicted molar refractivity (Wildman–Crippen MR) is 68.8 cm³/mol. The van der Waals surface area contributed by atoms with Crippen molar-refractivity contribution in [3.05, 3.63) is 0 Å². The Morgan fingerprint density at radius 3 is 2.53 bits per heavy atom. The van der Waals surface area contributed by atoms with Gasteiger partial charge in [-0.15, -0.1) is 0 Å². The fraction of sp³-hybridized carbons (Fsp3) is 0.846. The molecule has 0 unspecified atom stereocenters. The molecule has 0 saturated carbocycles. The van der Waals surface area contributed by atoms with Crippen LogP contribution in [0.25, 0.3) is 0 Å². The summed E-state index contributed by atoms with van der Waals surface area (Å²) in [4.78, 5) is 25.2. The molecule has 0 spiro atoms. The summed E-state index contributed by atoms with van der Waals surface area (Å²) in [7, 11) is 0. The van der Waals surface area contributed by atoms with E-state index in [1.165, 1.54) is 4.90 Å². The van der Waals surface area contributed by atoms with Crippen molar-refractivity contribution in [3.8, 4) is 0 Å². The van der Waals surface area contributed by atoms with Gasteiger partial charge in [0, 0.05) is 0 Å². The number of ether oxygens (including phenoxy) is 3. The minimum absolute atomic E-state index is 0.125. The molecule has 1 aliphatic heterocycles. The topological polar surface area (TPSA) is 65.1 Å². The summed E-state index contributed by atoms with van der Waals surface area (Å²) in [6, 6.07) is -0.125. The van der Waals surface area contributed by atoms with E-state index in [1.807, 2.05) is 6.92 Å². The van der Waals surface area contributed by atoms with Gasteiger partial charge >= 0.3 is 12.1 Å². The molecule has 0 aliphatic carbocycles. The molecular weight excluding hydrogens is 250 g/mol. The van der Waals surface area contributed by atoms with Gasteiger partial charge < -0.3 is 14.2 Å². The number of esters is 1. The Bertz CT molecular complexity index is 336. The Balaban J connectivity index is 2.65. The van der Waals surface area contributed by atoms with Crippen molar-refractivity contribution in [3.63, 3.8) is 0 Å². The second-order valence-electron chi connectivity index (χ2n) is 5.56. The number of rotatable bonds is 2. The van der Waals surface area contributed by atoms with Crippen LogP contribution in [-0.4, -0.2) is 54.5 Å². The van der Waals surface area contributed by atoms with Gasteiger partial charge in [0.25, 0.3) is 0 Å². The molecule has 0 aromatic carbocycles. The van der Waals surface area contributed by atoms with E-state index >= 15 is 0 Å². The Morgan fingerprint density at radius 1 is 1.37 bits per heavy atom. The van der Waals surface area contributed by atoms with Gasteiger partial charge in [0.15, 0.2) is 6.10 Å². The second-order valence-corrected chi connectivity index (χ2v) is 5.56. The predicted octanol–water partition coefficient (Wildman–Crippen LogP) is 1.57. The molecule has 1 saturated heterocycles. The maximum Gasteiger partial charge on any atom is 0.410 e. The summed E-state index contributed by atoms with van der Waals surface area (Å²) in [5, 5.41) is 0. The van der Waals surface area contributed by atoms with Crippen molar-refractivity contribution >= 4 is 12.1 Å². The first-order chi connectivity index (χ1) is 8.74. The highest BCUT2D eigenvalue weighted by molar-refractivity contribution is 5.77. The quantitative estimate of drug-likeness (QED) is 0.715. The van der Waals surface area contributed by atoms with Gasteiger partial charge in [-0.1, -0.05) is 0 Å². The SMILES string of the molecule is CCOC(=O)[C@H]1CN(C(=O)OC(C)(C)C)[C@@H](C)CO1. The van der Waals surface area contributed by atoms with Crippen LogP contribution in [-0.2, 0) is 19.0 Å². The molecule has 110 valence electrons. The third-order valence-electron chi connectivity index (χ3n) is 2.61. The molecule has 0 radical (unpaired) electrons. The van der Waals surface area contributed by atoms with E-state index in [4.69, 9.17) is 14.2 Å². The molecule has 1 aliphatic rings. The zero-order valence-corrected chi connectivity index (χ0v) is 12.3. The highest BCUT2D eigenvalue weighted by Gasteiger charge is 2.36. The number of hydrogen-bond acceptors (Lipinski definition) is 5. The van der Waals surface area contributed by atoms with Crippen molar-refractivity contribution in [1.29, 1.82) is 0 Å². The van der Waals surface area contributed by atoms with Crippen molar-refractivity contribution < 1.29 is 23.8 Å². The lowest BCUT2D eigenvalue weighted by molar-refractivity contribution is -0.164. The van der Waals surface area contributed by atoms with E-state index in [0.29, 0.717) is 13.2 Å². The van der Waals surface area contributed by atoms with E-state index in [1.54, 1.807) is 27.7 Å². The third kappa shape index (κ3) is 4.70. The van der Waals surface area contributed by atoms with E-state index in [2.05, 4.69) is 0 Å². The first-order valence-corrected chi connectivity index (χ1v) is 6.52. The molecule has 6 nitrogen and oxygen atoms in total. The molecule has 0 bridgehead atoms. The van der Waals surface area contributed by atoms with Crippen LogP contribution >= 0.6 is 0 Å². The molecule has 0 aromatic rings. The lowest BCUT2D eigenvalue weighted by Crippen LogP contribution is -2.54. The van der Waals surface area contributed by atoms with Crippen molar-refractivity contribution in [2.45, 2.75) is 52.4 Å². The van der Waals surface area contributed by atoms with Crippen molar-refractivity contribution in [2.24, 2.45) is 0 Å². The number of morpholine rings is 1. The zero-order chi connectivity index (χ0) is 14.6. The minimum Gasteiger partial charge on any atom is -0.464 e. The average molecular weight is 273 g/mol. The zero-order valence-electron chi connectivity index (χ0n) is 12.3. The van der Waals surface area contributed by atoms with Crippen LogP contribution in [0.2, 0.25) is 0 Å². The van der Waals surface area contributed by atoms with Crippen LogP contribution < -0.4 is 0 Å². The summed E-state index contributed by atoms with van der Waals surface area (Å²) in [6.45, 7) is 9.75. The van der Waals surface area contributed by atoms with Crippen molar-refractivity contribution in [2.75, 3.05) is 19.8 Å². The number of carbonyl (C=O) groups is 2. The number of nitrogens with zero attached hydrogens (tertiary/aromatic N) is 1. The molecular formula is C13H23NO5. The average Bonchev–Trinajstić information content (AvgIpc) is 2.27. The van der Waals surface area contributed by atoms with Gasteiger partial charge in [-0.2, -0.15) is 0 Å². The van der Waals surface area contributed by atoms with Gasteiger partial charge in [-0.05, 0) is 34.6 Å². The van der Waals surface area contributed by atoms with E-state index in [9.17, 15) is 9.59 Å². The normalized spacial score (nSPS) is 23.9. The number of hydrogen-bond donors (Lipinski definition) is 0. The highest BCUT2D eigenvalue weighted by Crippen LogP contribution is 2.17. The second kappa shape index (κ2) is 6.23. The fourth-order valence-corrected chi connectivity index (χ4v) is 1.71. The Labute approximate surface area is 114 Å².